The number of aryl methyl sites for hydroxylation is 2. The zero-order chi connectivity index (χ0) is 28.0. The molecule has 2 aromatic heterocycles. The molecule has 0 bridgehead atoms. The summed E-state index contributed by atoms with van der Waals surface area (Å²) in [6.45, 7) is 5.51. The Morgan fingerprint density at radius 1 is 1.26 bits per heavy atom. The van der Waals surface area contributed by atoms with Crippen LogP contribution in [0.5, 0.6) is 5.75 Å². The van der Waals surface area contributed by atoms with Gasteiger partial charge in [-0.25, -0.2) is 19.0 Å². The topological polar surface area (TPSA) is 96.6 Å². The van der Waals surface area contributed by atoms with Crippen molar-refractivity contribution >= 4 is 28.4 Å². The largest absolute Gasteiger partial charge is 0.487 e. The summed E-state index contributed by atoms with van der Waals surface area (Å²) >= 11 is 6.54. The van der Waals surface area contributed by atoms with Gasteiger partial charge in [-0.15, -0.1) is 0 Å². The molecule has 1 aliphatic rings. The van der Waals surface area contributed by atoms with Crippen molar-refractivity contribution in [2.75, 3.05) is 13.6 Å². The van der Waals surface area contributed by atoms with Gasteiger partial charge in [0.1, 0.15) is 36.2 Å². The third kappa shape index (κ3) is 4.95. The number of halogens is 2. The van der Waals surface area contributed by atoms with Crippen molar-refractivity contribution in [2.45, 2.75) is 45.7 Å². The number of ether oxygens (including phenoxy) is 1. The van der Waals surface area contributed by atoms with Gasteiger partial charge in [0.15, 0.2) is 5.82 Å². The van der Waals surface area contributed by atoms with Gasteiger partial charge in [-0.05, 0) is 50.6 Å². The lowest BCUT2D eigenvalue weighted by Gasteiger charge is -2.44. The predicted molar refractivity (Wildman–Crippen MR) is 146 cm³/mol. The van der Waals surface area contributed by atoms with Crippen molar-refractivity contribution in [2.24, 2.45) is 7.05 Å². The molecule has 4 aromatic rings. The first-order valence-electron chi connectivity index (χ1n) is 12.6. The zero-order valence-corrected chi connectivity index (χ0v) is 23.1. The van der Waals surface area contributed by atoms with Gasteiger partial charge in [0.05, 0.1) is 17.6 Å². The summed E-state index contributed by atoms with van der Waals surface area (Å²) in [6, 6.07) is 9.28. The SMILES string of the molecule is Cc1cc(-c2ncnn2C)c2cccc(OCc3c(Cl)cc(F)cc3[C@H](C)N3CC(=O)N(C)[C@@H](C)C3O)c2n1. The van der Waals surface area contributed by atoms with Crippen LogP contribution in [0.1, 0.15) is 36.7 Å². The van der Waals surface area contributed by atoms with E-state index in [1.165, 1.54) is 23.4 Å². The van der Waals surface area contributed by atoms with Gasteiger partial charge in [-0.2, -0.15) is 5.10 Å². The van der Waals surface area contributed by atoms with Crippen molar-refractivity contribution < 1.29 is 19.0 Å². The maximum Gasteiger partial charge on any atom is 0.236 e. The molecule has 1 aliphatic heterocycles. The Balaban J connectivity index is 1.51. The molecule has 1 N–H and O–H groups in total. The number of likely N-dealkylation sites (N-methyl/N-ethyl adjacent to an activating group) is 1. The van der Waals surface area contributed by atoms with Crippen LogP contribution >= 0.6 is 11.6 Å². The summed E-state index contributed by atoms with van der Waals surface area (Å²) < 4.78 is 22.6. The Labute approximate surface area is 230 Å². The number of rotatable bonds is 6. The molecule has 1 fully saturated rings. The number of nitrogens with zero attached hydrogens (tertiary/aromatic N) is 6. The van der Waals surface area contributed by atoms with Gasteiger partial charge < -0.3 is 14.7 Å². The van der Waals surface area contributed by atoms with Crippen molar-refractivity contribution in [3.8, 4) is 17.1 Å². The van der Waals surface area contributed by atoms with E-state index >= 15 is 0 Å². The monoisotopic (exact) mass is 552 g/mol. The van der Waals surface area contributed by atoms with Crippen LogP contribution in [0.25, 0.3) is 22.3 Å². The van der Waals surface area contributed by atoms with Crippen LogP contribution < -0.4 is 4.74 Å². The second kappa shape index (κ2) is 10.5. The van der Waals surface area contributed by atoms with Crippen molar-refractivity contribution in [3.05, 3.63) is 70.4 Å². The van der Waals surface area contributed by atoms with Crippen LogP contribution in [0.15, 0.2) is 42.7 Å². The molecule has 3 heterocycles. The molecule has 1 unspecified atom stereocenters. The Kier molecular flexibility index (Phi) is 7.28. The number of hydrogen-bond acceptors (Lipinski definition) is 7. The third-order valence-electron chi connectivity index (χ3n) is 7.49. The molecule has 39 heavy (non-hydrogen) atoms. The van der Waals surface area contributed by atoms with Gasteiger partial charge in [0.25, 0.3) is 0 Å². The summed E-state index contributed by atoms with van der Waals surface area (Å²) in [4.78, 5) is 24.8. The zero-order valence-electron chi connectivity index (χ0n) is 22.4. The molecule has 2 aromatic carbocycles. The molecule has 5 rings (SSSR count). The van der Waals surface area contributed by atoms with E-state index in [0.29, 0.717) is 28.2 Å². The molecule has 204 valence electrons. The molecule has 1 saturated heterocycles. The quantitative estimate of drug-likeness (QED) is 0.382. The van der Waals surface area contributed by atoms with E-state index in [4.69, 9.17) is 21.3 Å². The van der Waals surface area contributed by atoms with Crippen LogP contribution in [0.4, 0.5) is 4.39 Å². The van der Waals surface area contributed by atoms with E-state index in [1.54, 1.807) is 23.6 Å². The summed E-state index contributed by atoms with van der Waals surface area (Å²) in [5, 5.41) is 16.2. The number of aromatic nitrogens is 4. The second-order valence-corrected chi connectivity index (χ2v) is 10.3. The minimum absolute atomic E-state index is 0.00501. The first kappa shape index (κ1) is 27.0. The maximum atomic E-state index is 14.6. The fraction of sp³-hybridized carbons (Fsp3) is 0.357. The number of aliphatic hydroxyl groups is 1. The number of carbonyl (C=O) groups excluding carboxylic acids is 1. The standard InChI is InChI=1S/C28H30ClFN6O3/c1-15-9-21(27-31-14-32-35(27)5)19-7-6-8-24(26(19)33-15)39-13-22-20(10-18(30)11-23(22)29)16(2)36-12-25(37)34(4)17(3)28(36)38/h6-11,14,16-17,28,38H,12-13H2,1-5H3/t16-,17-,28?/m0/s1. The number of para-hydroxylation sites is 1. The van der Waals surface area contributed by atoms with Crippen molar-refractivity contribution in [1.29, 1.82) is 0 Å². The van der Waals surface area contributed by atoms with Crippen LogP contribution in [0.2, 0.25) is 5.02 Å². The second-order valence-electron chi connectivity index (χ2n) is 9.92. The number of aliphatic hydroxyl groups excluding tert-OH is 1. The summed E-state index contributed by atoms with van der Waals surface area (Å²) in [6.07, 6.45) is 0.574. The van der Waals surface area contributed by atoms with Crippen LogP contribution in [-0.2, 0) is 18.4 Å². The number of fused-ring (bicyclic) bond motifs is 1. The van der Waals surface area contributed by atoms with Crippen LogP contribution in [0.3, 0.4) is 0 Å². The molecule has 3 atom stereocenters. The highest BCUT2D eigenvalue weighted by Crippen LogP contribution is 2.36. The predicted octanol–water partition coefficient (Wildman–Crippen LogP) is 4.25. The van der Waals surface area contributed by atoms with Gasteiger partial charge >= 0.3 is 0 Å². The molecule has 11 heteroatoms. The lowest BCUT2D eigenvalue weighted by atomic mass is 9.98. The normalized spacial score (nSPS) is 19.1. The fourth-order valence-electron chi connectivity index (χ4n) is 5.10. The molecule has 0 radical (unpaired) electrons. The summed E-state index contributed by atoms with van der Waals surface area (Å²) in [5.41, 5.74) is 3.41. The van der Waals surface area contributed by atoms with Crippen molar-refractivity contribution in [3.63, 3.8) is 0 Å². The molecular formula is C28H30ClFN6O3. The van der Waals surface area contributed by atoms with Gasteiger partial charge in [0.2, 0.25) is 5.91 Å². The van der Waals surface area contributed by atoms with E-state index in [2.05, 4.69) is 10.1 Å². The molecule has 0 spiro atoms. The summed E-state index contributed by atoms with van der Waals surface area (Å²) in [5.74, 6) is 0.595. The lowest BCUT2D eigenvalue weighted by molar-refractivity contribution is -0.158. The van der Waals surface area contributed by atoms with Crippen LogP contribution in [0, 0.1) is 12.7 Å². The Morgan fingerprint density at radius 3 is 2.74 bits per heavy atom. The van der Waals surface area contributed by atoms with E-state index in [9.17, 15) is 14.3 Å². The van der Waals surface area contributed by atoms with Gasteiger partial charge in [-0.1, -0.05) is 23.7 Å². The molecule has 0 aliphatic carbocycles. The molecule has 1 amide bonds. The average molecular weight is 553 g/mol. The lowest BCUT2D eigenvalue weighted by Crippen LogP contribution is -2.60. The Morgan fingerprint density at radius 2 is 2.03 bits per heavy atom. The van der Waals surface area contributed by atoms with E-state index < -0.39 is 24.1 Å². The average Bonchev–Trinajstić information content (AvgIpc) is 3.33. The molecule has 0 saturated carbocycles. The minimum Gasteiger partial charge on any atom is -0.487 e. The van der Waals surface area contributed by atoms with E-state index in [-0.39, 0.29) is 24.1 Å². The van der Waals surface area contributed by atoms with Gasteiger partial charge in [0, 0.05) is 42.3 Å². The number of pyridine rings is 1. The Bertz CT molecular complexity index is 1560. The number of benzene rings is 2. The van der Waals surface area contributed by atoms with E-state index in [0.717, 1.165) is 16.6 Å². The maximum absolute atomic E-state index is 14.6. The molecule has 9 nitrogen and oxygen atoms in total. The first-order valence-corrected chi connectivity index (χ1v) is 13.0. The van der Waals surface area contributed by atoms with Crippen molar-refractivity contribution in [1.82, 2.24) is 29.5 Å². The fourth-order valence-corrected chi connectivity index (χ4v) is 5.37. The highest BCUT2D eigenvalue weighted by atomic mass is 35.5. The minimum atomic E-state index is -0.928. The van der Waals surface area contributed by atoms with Gasteiger partial charge in [-0.3, -0.25) is 9.69 Å². The Hall–Kier alpha value is -3.60. The summed E-state index contributed by atoms with van der Waals surface area (Å²) in [7, 11) is 3.49. The third-order valence-corrected chi connectivity index (χ3v) is 7.83. The highest BCUT2D eigenvalue weighted by Gasteiger charge is 2.38. The van der Waals surface area contributed by atoms with Crippen LogP contribution in [-0.4, -0.2) is 66.4 Å². The van der Waals surface area contributed by atoms with E-state index in [1.807, 2.05) is 45.2 Å². The number of carbonyl (C=O) groups is 1. The number of hydrogen-bond donors (Lipinski definition) is 1. The molecular weight excluding hydrogens is 523 g/mol. The highest BCUT2D eigenvalue weighted by molar-refractivity contribution is 6.31. The smallest absolute Gasteiger partial charge is 0.236 e. The number of piperazine rings is 1. The first-order chi connectivity index (χ1) is 18.6. The number of amides is 1.